The third-order valence-corrected chi connectivity index (χ3v) is 2.87. The molecule has 0 aliphatic heterocycles. The molecule has 0 atom stereocenters. The van der Waals surface area contributed by atoms with Crippen LogP contribution in [0.1, 0.15) is 18.1 Å². The van der Waals surface area contributed by atoms with Gasteiger partial charge < -0.3 is 4.74 Å². The van der Waals surface area contributed by atoms with E-state index in [1.54, 1.807) is 0 Å². The standard InChI is InChI=1S/C10H11IO2/c1-7-5-9(3-4-10(7)11)6-13-8(2)12/h3-5H,6H2,1-2H3. The average Bonchev–Trinajstić information content (AvgIpc) is 2.07. The van der Waals surface area contributed by atoms with Gasteiger partial charge in [0, 0.05) is 10.5 Å². The summed E-state index contributed by atoms with van der Waals surface area (Å²) in [6.07, 6.45) is 0. The summed E-state index contributed by atoms with van der Waals surface area (Å²) in [6.45, 7) is 3.83. The molecule has 0 aromatic heterocycles. The van der Waals surface area contributed by atoms with Gasteiger partial charge in [0.25, 0.3) is 0 Å². The third-order valence-electron chi connectivity index (χ3n) is 1.66. The van der Waals surface area contributed by atoms with E-state index < -0.39 is 0 Å². The monoisotopic (exact) mass is 290 g/mol. The van der Waals surface area contributed by atoms with Gasteiger partial charge in [-0.2, -0.15) is 0 Å². The van der Waals surface area contributed by atoms with E-state index in [0.717, 1.165) is 5.56 Å². The van der Waals surface area contributed by atoms with E-state index in [1.165, 1.54) is 16.1 Å². The quantitative estimate of drug-likeness (QED) is 0.618. The van der Waals surface area contributed by atoms with Crippen molar-refractivity contribution in [1.29, 1.82) is 0 Å². The Morgan fingerprint density at radius 3 is 2.77 bits per heavy atom. The van der Waals surface area contributed by atoms with Crippen LogP contribution in [0.4, 0.5) is 0 Å². The first kappa shape index (κ1) is 10.5. The third kappa shape index (κ3) is 3.34. The zero-order chi connectivity index (χ0) is 9.84. The number of halogens is 1. The molecule has 1 aromatic carbocycles. The molecule has 0 saturated carbocycles. The Morgan fingerprint density at radius 2 is 2.23 bits per heavy atom. The number of ether oxygens (including phenoxy) is 1. The van der Waals surface area contributed by atoms with E-state index in [9.17, 15) is 4.79 Å². The van der Waals surface area contributed by atoms with Gasteiger partial charge in [-0.05, 0) is 46.7 Å². The van der Waals surface area contributed by atoms with Crippen molar-refractivity contribution in [2.24, 2.45) is 0 Å². The molecule has 0 unspecified atom stereocenters. The second-order valence-electron chi connectivity index (χ2n) is 2.86. The minimum Gasteiger partial charge on any atom is -0.461 e. The summed E-state index contributed by atoms with van der Waals surface area (Å²) < 4.78 is 6.11. The summed E-state index contributed by atoms with van der Waals surface area (Å²) in [5.74, 6) is -0.240. The van der Waals surface area contributed by atoms with Crippen molar-refractivity contribution in [2.45, 2.75) is 20.5 Å². The lowest BCUT2D eigenvalue weighted by Gasteiger charge is -2.04. The van der Waals surface area contributed by atoms with E-state index in [0.29, 0.717) is 6.61 Å². The fraction of sp³-hybridized carbons (Fsp3) is 0.300. The Morgan fingerprint density at radius 1 is 1.54 bits per heavy atom. The van der Waals surface area contributed by atoms with E-state index in [4.69, 9.17) is 4.74 Å². The molecule has 1 aromatic rings. The van der Waals surface area contributed by atoms with Gasteiger partial charge in [0.2, 0.25) is 0 Å². The molecule has 13 heavy (non-hydrogen) atoms. The summed E-state index contributed by atoms with van der Waals surface area (Å²) in [5, 5.41) is 0. The first-order valence-electron chi connectivity index (χ1n) is 3.98. The van der Waals surface area contributed by atoms with Crippen LogP contribution >= 0.6 is 22.6 Å². The van der Waals surface area contributed by atoms with E-state index in [1.807, 2.05) is 25.1 Å². The van der Waals surface area contributed by atoms with Gasteiger partial charge in [-0.1, -0.05) is 12.1 Å². The molecule has 0 heterocycles. The minimum atomic E-state index is -0.240. The second-order valence-corrected chi connectivity index (χ2v) is 4.03. The highest BCUT2D eigenvalue weighted by atomic mass is 127. The van der Waals surface area contributed by atoms with Crippen molar-refractivity contribution in [3.63, 3.8) is 0 Å². The molecule has 2 nitrogen and oxygen atoms in total. The van der Waals surface area contributed by atoms with Crippen molar-refractivity contribution < 1.29 is 9.53 Å². The Bertz CT molecular complexity index is 321. The largest absolute Gasteiger partial charge is 0.461 e. The number of carbonyl (C=O) groups is 1. The average molecular weight is 290 g/mol. The van der Waals surface area contributed by atoms with Gasteiger partial charge >= 0.3 is 5.97 Å². The molecule has 0 aliphatic carbocycles. The molecular weight excluding hydrogens is 279 g/mol. The van der Waals surface area contributed by atoms with Crippen LogP contribution in [-0.2, 0) is 16.1 Å². The molecule has 0 aliphatic rings. The van der Waals surface area contributed by atoms with E-state index in [2.05, 4.69) is 22.6 Å². The smallest absolute Gasteiger partial charge is 0.302 e. The number of rotatable bonds is 2. The van der Waals surface area contributed by atoms with Crippen LogP contribution in [0, 0.1) is 10.5 Å². The molecule has 0 N–H and O–H groups in total. The molecule has 0 bridgehead atoms. The molecule has 0 saturated heterocycles. The first-order valence-corrected chi connectivity index (χ1v) is 5.06. The number of hydrogen-bond donors (Lipinski definition) is 0. The molecule has 0 radical (unpaired) electrons. The van der Waals surface area contributed by atoms with Gasteiger partial charge in [-0.15, -0.1) is 0 Å². The normalized spacial score (nSPS) is 9.77. The number of esters is 1. The van der Waals surface area contributed by atoms with Gasteiger partial charge in [-0.3, -0.25) is 4.79 Å². The summed E-state index contributed by atoms with van der Waals surface area (Å²) in [5.41, 5.74) is 2.25. The second kappa shape index (κ2) is 4.60. The number of aryl methyl sites for hydroxylation is 1. The topological polar surface area (TPSA) is 26.3 Å². The van der Waals surface area contributed by atoms with Crippen LogP contribution in [0.5, 0.6) is 0 Å². The molecule has 70 valence electrons. The highest BCUT2D eigenvalue weighted by molar-refractivity contribution is 14.1. The maximum Gasteiger partial charge on any atom is 0.302 e. The first-order chi connectivity index (χ1) is 6.09. The SMILES string of the molecule is CC(=O)OCc1ccc(I)c(C)c1. The van der Waals surface area contributed by atoms with Crippen LogP contribution in [0.2, 0.25) is 0 Å². The minimum absolute atomic E-state index is 0.240. The molecule has 0 spiro atoms. The molecular formula is C10H11IO2. The van der Waals surface area contributed by atoms with Crippen LogP contribution < -0.4 is 0 Å². The van der Waals surface area contributed by atoms with Crippen molar-refractivity contribution >= 4 is 28.6 Å². The maximum absolute atomic E-state index is 10.5. The summed E-state index contributed by atoms with van der Waals surface area (Å²) in [6, 6.07) is 6.02. The Balaban J connectivity index is 2.68. The fourth-order valence-corrected chi connectivity index (χ4v) is 1.32. The van der Waals surface area contributed by atoms with Crippen molar-refractivity contribution in [3.05, 3.63) is 32.9 Å². The van der Waals surface area contributed by atoms with Crippen LogP contribution in [0.15, 0.2) is 18.2 Å². The van der Waals surface area contributed by atoms with Gasteiger partial charge in [0.05, 0.1) is 0 Å². The molecule has 3 heteroatoms. The maximum atomic E-state index is 10.5. The van der Waals surface area contributed by atoms with Crippen LogP contribution in [0.25, 0.3) is 0 Å². The Hall–Kier alpha value is -0.580. The van der Waals surface area contributed by atoms with Crippen LogP contribution in [-0.4, -0.2) is 5.97 Å². The number of benzene rings is 1. The van der Waals surface area contributed by atoms with E-state index in [-0.39, 0.29) is 5.97 Å². The van der Waals surface area contributed by atoms with Crippen molar-refractivity contribution in [2.75, 3.05) is 0 Å². The predicted octanol–water partition coefficient (Wildman–Crippen LogP) is 2.66. The predicted molar refractivity (Wildman–Crippen MR) is 59.4 cm³/mol. The Kier molecular flexibility index (Phi) is 3.71. The van der Waals surface area contributed by atoms with Gasteiger partial charge in [-0.25, -0.2) is 0 Å². The summed E-state index contributed by atoms with van der Waals surface area (Å²) in [7, 11) is 0. The fourth-order valence-electron chi connectivity index (χ4n) is 0.982. The van der Waals surface area contributed by atoms with Crippen LogP contribution in [0.3, 0.4) is 0 Å². The molecule has 1 rings (SSSR count). The zero-order valence-electron chi connectivity index (χ0n) is 7.63. The zero-order valence-corrected chi connectivity index (χ0v) is 9.79. The van der Waals surface area contributed by atoms with E-state index >= 15 is 0 Å². The highest BCUT2D eigenvalue weighted by Gasteiger charge is 1.98. The van der Waals surface area contributed by atoms with Gasteiger partial charge in [0.1, 0.15) is 6.61 Å². The number of hydrogen-bond acceptors (Lipinski definition) is 2. The summed E-state index contributed by atoms with van der Waals surface area (Å²) >= 11 is 2.28. The summed E-state index contributed by atoms with van der Waals surface area (Å²) in [4.78, 5) is 10.5. The van der Waals surface area contributed by atoms with Crippen molar-refractivity contribution in [1.82, 2.24) is 0 Å². The Labute approximate surface area is 91.4 Å². The lowest BCUT2D eigenvalue weighted by atomic mass is 10.1. The number of carbonyl (C=O) groups excluding carboxylic acids is 1. The molecule has 0 amide bonds. The van der Waals surface area contributed by atoms with Gasteiger partial charge in [0.15, 0.2) is 0 Å². The highest BCUT2D eigenvalue weighted by Crippen LogP contribution is 2.13. The molecule has 0 fully saturated rings. The lowest BCUT2D eigenvalue weighted by molar-refractivity contribution is -0.142. The van der Waals surface area contributed by atoms with Crippen molar-refractivity contribution in [3.8, 4) is 0 Å². The lowest BCUT2D eigenvalue weighted by Crippen LogP contribution is -1.99.